The Morgan fingerprint density at radius 3 is 2.04 bits per heavy atom. The first-order valence-corrected chi connectivity index (χ1v) is 8.41. The number of halogens is 1. The lowest BCUT2D eigenvalue weighted by Gasteiger charge is -2.27. The van der Waals surface area contributed by atoms with E-state index in [0.717, 1.165) is 5.56 Å². The minimum Gasteiger partial charge on any atom is -0.372 e. The zero-order valence-electron chi connectivity index (χ0n) is 13.8. The molecule has 0 heterocycles. The van der Waals surface area contributed by atoms with Gasteiger partial charge in [-0.3, -0.25) is 4.79 Å². The summed E-state index contributed by atoms with van der Waals surface area (Å²) in [5, 5.41) is 15.8. The van der Waals surface area contributed by atoms with Gasteiger partial charge >= 0.3 is 0 Å². The molecule has 0 radical (unpaired) electrons. The van der Waals surface area contributed by atoms with Gasteiger partial charge < -0.3 is 5.11 Å². The Labute approximate surface area is 156 Å². The van der Waals surface area contributed by atoms with Gasteiger partial charge in [0.05, 0.1) is 6.21 Å². The van der Waals surface area contributed by atoms with Crippen molar-refractivity contribution in [2.75, 3.05) is 0 Å². The van der Waals surface area contributed by atoms with Crippen molar-refractivity contribution < 1.29 is 9.90 Å². The highest BCUT2D eigenvalue weighted by Gasteiger charge is 2.39. The van der Waals surface area contributed by atoms with E-state index in [2.05, 4.69) is 10.5 Å². The van der Waals surface area contributed by atoms with E-state index >= 15 is 0 Å². The van der Waals surface area contributed by atoms with Gasteiger partial charge in [0.15, 0.2) is 5.60 Å². The average molecular weight is 365 g/mol. The lowest BCUT2D eigenvalue weighted by atomic mass is 9.85. The normalized spacial score (nSPS) is 11.5. The molecule has 0 aliphatic heterocycles. The van der Waals surface area contributed by atoms with Crippen LogP contribution in [0.1, 0.15) is 16.7 Å². The first kappa shape index (κ1) is 17.9. The van der Waals surface area contributed by atoms with E-state index in [4.69, 9.17) is 11.6 Å². The molecular weight excluding hydrogens is 348 g/mol. The molecule has 0 fully saturated rings. The number of aliphatic hydroxyl groups is 1. The molecule has 0 aliphatic rings. The van der Waals surface area contributed by atoms with Crippen molar-refractivity contribution in [3.05, 3.63) is 107 Å². The number of nitrogens with zero attached hydrogens (tertiary/aromatic N) is 1. The molecule has 0 atom stereocenters. The zero-order valence-corrected chi connectivity index (χ0v) is 14.6. The molecule has 0 spiro atoms. The Balaban J connectivity index is 1.89. The summed E-state index contributed by atoms with van der Waals surface area (Å²) < 4.78 is 0. The topological polar surface area (TPSA) is 61.7 Å². The van der Waals surface area contributed by atoms with Crippen molar-refractivity contribution in [2.24, 2.45) is 5.10 Å². The first-order valence-electron chi connectivity index (χ1n) is 8.03. The van der Waals surface area contributed by atoms with Crippen molar-refractivity contribution in [2.45, 2.75) is 5.60 Å². The van der Waals surface area contributed by atoms with E-state index in [1.54, 1.807) is 66.7 Å². The zero-order chi connectivity index (χ0) is 18.4. The van der Waals surface area contributed by atoms with Crippen molar-refractivity contribution >= 4 is 23.7 Å². The van der Waals surface area contributed by atoms with Gasteiger partial charge in [-0.1, -0.05) is 84.4 Å². The molecule has 26 heavy (non-hydrogen) atoms. The van der Waals surface area contributed by atoms with E-state index in [9.17, 15) is 9.90 Å². The Hall–Kier alpha value is -2.95. The maximum Gasteiger partial charge on any atom is 0.281 e. The fraction of sp³-hybridized carbons (Fsp3) is 0.0476. The summed E-state index contributed by atoms with van der Waals surface area (Å²) >= 11 is 5.93. The Kier molecular flexibility index (Phi) is 5.46. The van der Waals surface area contributed by atoms with E-state index in [-0.39, 0.29) is 0 Å². The molecule has 3 aromatic rings. The van der Waals surface area contributed by atoms with Crippen LogP contribution in [0.3, 0.4) is 0 Å². The van der Waals surface area contributed by atoms with Gasteiger partial charge in [0.1, 0.15) is 0 Å². The molecule has 2 N–H and O–H groups in total. The summed E-state index contributed by atoms with van der Waals surface area (Å²) in [6, 6.07) is 24.6. The molecule has 0 saturated carbocycles. The molecule has 0 aliphatic carbocycles. The fourth-order valence-electron chi connectivity index (χ4n) is 2.62. The van der Waals surface area contributed by atoms with E-state index < -0.39 is 11.5 Å². The van der Waals surface area contributed by atoms with E-state index in [1.165, 1.54) is 6.21 Å². The summed E-state index contributed by atoms with van der Waals surface area (Å²) in [6.07, 6.45) is 1.47. The lowest BCUT2D eigenvalue weighted by molar-refractivity contribution is -0.136. The van der Waals surface area contributed by atoms with Crippen molar-refractivity contribution in [3.63, 3.8) is 0 Å². The second-order valence-corrected chi connectivity index (χ2v) is 6.13. The van der Waals surface area contributed by atoms with Gasteiger partial charge in [0, 0.05) is 5.02 Å². The van der Waals surface area contributed by atoms with Crippen LogP contribution in [0.5, 0.6) is 0 Å². The van der Waals surface area contributed by atoms with Crippen LogP contribution in [0.2, 0.25) is 5.02 Å². The third-order valence-electron chi connectivity index (χ3n) is 3.94. The second kappa shape index (κ2) is 7.95. The number of rotatable bonds is 5. The summed E-state index contributed by atoms with van der Waals surface area (Å²) in [5.74, 6) is -0.645. The number of benzene rings is 3. The maximum absolute atomic E-state index is 12.8. The summed E-state index contributed by atoms with van der Waals surface area (Å²) in [7, 11) is 0. The molecule has 1 amide bonds. The van der Waals surface area contributed by atoms with Crippen LogP contribution in [0.4, 0.5) is 0 Å². The lowest BCUT2D eigenvalue weighted by Crippen LogP contribution is -2.43. The van der Waals surface area contributed by atoms with Gasteiger partial charge in [-0.25, -0.2) is 5.43 Å². The number of carbonyl (C=O) groups is 1. The van der Waals surface area contributed by atoms with Crippen LogP contribution in [0, 0.1) is 0 Å². The van der Waals surface area contributed by atoms with Crippen LogP contribution in [-0.4, -0.2) is 17.2 Å². The van der Waals surface area contributed by atoms with Gasteiger partial charge in [0.25, 0.3) is 5.91 Å². The quantitative estimate of drug-likeness (QED) is 0.535. The van der Waals surface area contributed by atoms with Crippen LogP contribution in [0.25, 0.3) is 0 Å². The Bertz CT molecular complexity index is 872. The fourth-order valence-corrected chi connectivity index (χ4v) is 2.82. The molecule has 4 nitrogen and oxygen atoms in total. The smallest absolute Gasteiger partial charge is 0.281 e. The third-order valence-corrected chi connectivity index (χ3v) is 4.18. The molecule has 0 bridgehead atoms. The number of carbonyl (C=O) groups excluding carboxylic acids is 1. The van der Waals surface area contributed by atoms with Gasteiger partial charge in [-0.15, -0.1) is 0 Å². The SMILES string of the molecule is O=C(N/N=C/c1cccc(Cl)c1)C(O)(c1ccccc1)c1ccccc1. The molecule has 5 heteroatoms. The Morgan fingerprint density at radius 1 is 0.923 bits per heavy atom. The maximum atomic E-state index is 12.8. The predicted octanol–water partition coefficient (Wildman–Crippen LogP) is 3.73. The highest BCUT2D eigenvalue weighted by Crippen LogP contribution is 2.29. The minimum absolute atomic E-state index is 0.460. The van der Waals surface area contributed by atoms with E-state index in [1.807, 2.05) is 18.2 Å². The van der Waals surface area contributed by atoms with Gasteiger partial charge in [0.2, 0.25) is 0 Å². The van der Waals surface area contributed by atoms with Crippen LogP contribution >= 0.6 is 11.6 Å². The number of amides is 1. The number of hydrazone groups is 1. The molecule has 3 rings (SSSR count). The van der Waals surface area contributed by atoms with Crippen LogP contribution in [0.15, 0.2) is 90.0 Å². The first-order chi connectivity index (χ1) is 12.6. The summed E-state index contributed by atoms with van der Waals surface area (Å²) in [4.78, 5) is 12.8. The second-order valence-electron chi connectivity index (χ2n) is 5.70. The van der Waals surface area contributed by atoms with Crippen LogP contribution in [-0.2, 0) is 10.4 Å². The largest absolute Gasteiger partial charge is 0.372 e. The third kappa shape index (κ3) is 3.82. The van der Waals surface area contributed by atoms with Gasteiger partial charge in [-0.05, 0) is 28.8 Å². The summed E-state index contributed by atoms with van der Waals surface area (Å²) in [5.41, 5.74) is 2.23. The highest BCUT2D eigenvalue weighted by atomic mass is 35.5. The van der Waals surface area contributed by atoms with Crippen molar-refractivity contribution in [3.8, 4) is 0 Å². The average Bonchev–Trinajstić information content (AvgIpc) is 2.68. The number of hydrogen-bond donors (Lipinski definition) is 2. The summed E-state index contributed by atoms with van der Waals surface area (Å²) in [6.45, 7) is 0. The molecular formula is C21H17ClN2O2. The highest BCUT2D eigenvalue weighted by molar-refractivity contribution is 6.30. The predicted molar refractivity (Wildman–Crippen MR) is 103 cm³/mol. The van der Waals surface area contributed by atoms with Crippen molar-refractivity contribution in [1.82, 2.24) is 5.43 Å². The molecule has 3 aromatic carbocycles. The number of hydrogen-bond acceptors (Lipinski definition) is 3. The van der Waals surface area contributed by atoms with Crippen LogP contribution < -0.4 is 5.43 Å². The monoisotopic (exact) mass is 364 g/mol. The standard InChI is InChI=1S/C21H17ClN2O2/c22-19-13-7-8-16(14-19)15-23-24-20(25)21(26,17-9-3-1-4-10-17)18-11-5-2-6-12-18/h1-15,26H,(H,24,25)/b23-15+. The molecule has 0 aromatic heterocycles. The molecule has 0 unspecified atom stereocenters. The van der Waals surface area contributed by atoms with Gasteiger partial charge in [-0.2, -0.15) is 5.10 Å². The molecule has 130 valence electrons. The Morgan fingerprint density at radius 2 is 1.50 bits per heavy atom. The van der Waals surface area contributed by atoms with E-state index in [0.29, 0.717) is 16.1 Å². The minimum atomic E-state index is -1.85. The molecule has 0 saturated heterocycles. The van der Waals surface area contributed by atoms with Crippen molar-refractivity contribution in [1.29, 1.82) is 0 Å². The number of nitrogens with one attached hydrogen (secondary N) is 1.